The quantitative estimate of drug-likeness (QED) is 0.503. The number of benzene rings is 1. The summed E-state index contributed by atoms with van der Waals surface area (Å²) >= 11 is 0. The number of hydrogen-bond donors (Lipinski definition) is 2. The Bertz CT molecular complexity index is 729. The van der Waals surface area contributed by atoms with Crippen LogP contribution in [0.15, 0.2) is 35.5 Å². The molecular formula is C19H24N2O6. The smallest absolute Gasteiger partial charge is 0.337 e. The van der Waals surface area contributed by atoms with E-state index in [4.69, 9.17) is 14.2 Å². The maximum absolute atomic E-state index is 11.9. The van der Waals surface area contributed by atoms with Crippen molar-refractivity contribution < 1.29 is 28.6 Å². The Morgan fingerprint density at radius 1 is 1.22 bits per heavy atom. The van der Waals surface area contributed by atoms with Crippen LogP contribution in [0.25, 0.3) is 0 Å². The van der Waals surface area contributed by atoms with Crippen molar-refractivity contribution in [1.82, 2.24) is 10.6 Å². The molecule has 0 saturated carbocycles. The highest BCUT2D eigenvalue weighted by atomic mass is 16.5. The largest absolute Gasteiger partial charge is 0.494 e. The van der Waals surface area contributed by atoms with Gasteiger partial charge >= 0.3 is 18.0 Å². The number of ether oxygens (including phenoxy) is 3. The molecule has 1 aliphatic rings. The van der Waals surface area contributed by atoms with E-state index in [2.05, 4.69) is 10.6 Å². The minimum absolute atomic E-state index is 0.0296. The second-order valence-corrected chi connectivity index (χ2v) is 5.91. The van der Waals surface area contributed by atoms with E-state index in [1.54, 1.807) is 6.92 Å². The summed E-state index contributed by atoms with van der Waals surface area (Å²) in [6, 6.07) is 7.20. The van der Waals surface area contributed by atoms with Crippen molar-refractivity contribution in [3.05, 3.63) is 41.1 Å². The summed E-state index contributed by atoms with van der Waals surface area (Å²) in [5, 5.41) is 4.97. The highest BCUT2D eigenvalue weighted by Gasteiger charge is 2.24. The van der Waals surface area contributed by atoms with E-state index in [-0.39, 0.29) is 37.4 Å². The highest BCUT2D eigenvalue weighted by Crippen LogP contribution is 2.13. The standard InChI is InChI=1S/C19H24N2O6/c1-3-25-18(23)15-11-20-19(24)21-16(15)12-27-17(22)8-5-9-26-14-7-4-6-13(2)10-14/h4,6-7,10H,3,5,8-9,11-12H2,1-2H3,(H2,20,21,24). The number of hydrogen-bond acceptors (Lipinski definition) is 6. The molecule has 0 unspecified atom stereocenters. The Morgan fingerprint density at radius 2 is 2.04 bits per heavy atom. The van der Waals surface area contributed by atoms with Crippen molar-refractivity contribution in [2.24, 2.45) is 0 Å². The van der Waals surface area contributed by atoms with Gasteiger partial charge in [-0.2, -0.15) is 0 Å². The fourth-order valence-corrected chi connectivity index (χ4v) is 2.41. The zero-order chi connectivity index (χ0) is 19.6. The van der Waals surface area contributed by atoms with Gasteiger partial charge in [0.25, 0.3) is 0 Å². The van der Waals surface area contributed by atoms with Crippen LogP contribution >= 0.6 is 0 Å². The Labute approximate surface area is 157 Å². The number of carbonyl (C=O) groups is 3. The topological polar surface area (TPSA) is 103 Å². The van der Waals surface area contributed by atoms with Gasteiger partial charge in [-0.05, 0) is 38.0 Å². The molecule has 1 aromatic rings. The predicted molar refractivity (Wildman–Crippen MR) is 97.1 cm³/mol. The predicted octanol–water partition coefficient (Wildman–Crippen LogP) is 1.83. The van der Waals surface area contributed by atoms with Gasteiger partial charge in [-0.3, -0.25) is 4.79 Å². The molecule has 0 radical (unpaired) electrons. The summed E-state index contributed by atoms with van der Waals surface area (Å²) in [4.78, 5) is 35.2. The van der Waals surface area contributed by atoms with E-state index >= 15 is 0 Å². The van der Waals surface area contributed by atoms with Gasteiger partial charge < -0.3 is 24.8 Å². The molecule has 2 rings (SSSR count). The fraction of sp³-hybridized carbons (Fsp3) is 0.421. The molecule has 146 valence electrons. The average molecular weight is 376 g/mol. The van der Waals surface area contributed by atoms with Crippen LogP contribution in [0.1, 0.15) is 25.3 Å². The number of nitrogens with one attached hydrogen (secondary N) is 2. The van der Waals surface area contributed by atoms with Crippen molar-refractivity contribution in [2.75, 3.05) is 26.4 Å². The van der Waals surface area contributed by atoms with Crippen molar-refractivity contribution in [2.45, 2.75) is 26.7 Å². The summed E-state index contributed by atoms with van der Waals surface area (Å²) in [7, 11) is 0. The van der Waals surface area contributed by atoms with Crippen molar-refractivity contribution >= 4 is 18.0 Å². The van der Waals surface area contributed by atoms with E-state index in [1.165, 1.54) is 0 Å². The molecule has 0 saturated heterocycles. The van der Waals surface area contributed by atoms with Gasteiger partial charge in [0, 0.05) is 6.42 Å². The molecule has 0 fully saturated rings. The second-order valence-electron chi connectivity index (χ2n) is 5.91. The zero-order valence-corrected chi connectivity index (χ0v) is 15.5. The fourth-order valence-electron chi connectivity index (χ4n) is 2.41. The SMILES string of the molecule is CCOC(=O)C1=C(COC(=O)CCCOc2cccc(C)c2)NC(=O)NC1. The lowest BCUT2D eigenvalue weighted by Gasteiger charge is -2.21. The van der Waals surface area contributed by atoms with Crippen LogP contribution in [0, 0.1) is 6.92 Å². The molecule has 8 nitrogen and oxygen atoms in total. The molecule has 0 aliphatic carbocycles. The maximum atomic E-state index is 11.9. The Morgan fingerprint density at radius 3 is 2.78 bits per heavy atom. The third-order valence-corrected chi connectivity index (χ3v) is 3.74. The number of esters is 2. The van der Waals surface area contributed by atoms with E-state index in [0.29, 0.717) is 13.0 Å². The van der Waals surface area contributed by atoms with Gasteiger partial charge in [-0.1, -0.05) is 12.1 Å². The normalized spacial score (nSPS) is 13.5. The van der Waals surface area contributed by atoms with Crippen LogP contribution in [-0.2, 0) is 19.1 Å². The van der Waals surface area contributed by atoms with Crippen molar-refractivity contribution in [3.8, 4) is 5.75 Å². The van der Waals surface area contributed by atoms with Gasteiger partial charge in [0.2, 0.25) is 0 Å². The van der Waals surface area contributed by atoms with Gasteiger partial charge in [0.1, 0.15) is 12.4 Å². The monoisotopic (exact) mass is 376 g/mol. The minimum atomic E-state index is -0.553. The zero-order valence-electron chi connectivity index (χ0n) is 15.5. The van der Waals surface area contributed by atoms with E-state index < -0.39 is 18.0 Å². The number of amides is 2. The number of carbonyl (C=O) groups excluding carboxylic acids is 3. The van der Waals surface area contributed by atoms with Crippen LogP contribution < -0.4 is 15.4 Å². The first-order valence-corrected chi connectivity index (χ1v) is 8.78. The van der Waals surface area contributed by atoms with E-state index in [0.717, 1.165) is 11.3 Å². The molecule has 0 bridgehead atoms. The van der Waals surface area contributed by atoms with Crippen molar-refractivity contribution in [1.29, 1.82) is 0 Å². The van der Waals surface area contributed by atoms with E-state index in [9.17, 15) is 14.4 Å². The summed E-state index contributed by atoms with van der Waals surface area (Å²) in [6.07, 6.45) is 0.657. The average Bonchev–Trinajstić information content (AvgIpc) is 2.64. The molecule has 2 N–H and O–H groups in total. The van der Waals surface area contributed by atoms with Crippen LogP contribution in [-0.4, -0.2) is 44.3 Å². The van der Waals surface area contributed by atoms with Crippen molar-refractivity contribution in [3.63, 3.8) is 0 Å². The van der Waals surface area contributed by atoms with Crippen LogP contribution in [0.5, 0.6) is 5.75 Å². The van der Waals surface area contributed by atoms with E-state index in [1.807, 2.05) is 31.2 Å². The first-order chi connectivity index (χ1) is 13.0. The van der Waals surface area contributed by atoms with Gasteiger partial charge in [-0.25, -0.2) is 9.59 Å². The van der Waals surface area contributed by atoms with Gasteiger partial charge in [0.05, 0.1) is 31.0 Å². The molecule has 2 amide bonds. The number of urea groups is 1. The summed E-state index contributed by atoms with van der Waals surface area (Å²) < 4.78 is 15.7. The number of aryl methyl sites for hydroxylation is 1. The van der Waals surface area contributed by atoms with Crippen LogP contribution in [0.4, 0.5) is 4.79 Å². The molecule has 0 spiro atoms. The maximum Gasteiger partial charge on any atom is 0.337 e. The summed E-state index contributed by atoms with van der Waals surface area (Å²) in [5.74, 6) is -0.237. The summed E-state index contributed by atoms with van der Waals surface area (Å²) in [5.41, 5.74) is 1.58. The third kappa shape index (κ3) is 6.65. The molecule has 27 heavy (non-hydrogen) atoms. The Kier molecular flexibility index (Phi) is 7.66. The molecule has 8 heteroatoms. The minimum Gasteiger partial charge on any atom is -0.494 e. The van der Waals surface area contributed by atoms with Crippen LogP contribution in [0.3, 0.4) is 0 Å². The first-order valence-electron chi connectivity index (χ1n) is 8.78. The first kappa shape index (κ1) is 20.3. The van der Waals surface area contributed by atoms with Crippen LogP contribution in [0.2, 0.25) is 0 Å². The molecule has 1 aromatic carbocycles. The molecular weight excluding hydrogens is 352 g/mol. The number of rotatable bonds is 9. The Balaban J connectivity index is 1.77. The van der Waals surface area contributed by atoms with Gasteiger partial charge in [0.15, 0.2) is 0 Å². The lowest BCUT2D eigenvalue weighted by Crippen LogP contribution is -2.45. The third-order valence-electron chi connectivity index (χ3n) is 3.74. The second kappa shape index (κ2) is 10.2. The van der Waals surface area contributed by atoms with Gasteiger partial charge in [-0.15, -0.1) is 0 Å². The lowest BCUT2D eigenvalue weighted by atomic mass is 10.1. The Hall–Kier alpha value is -3.03. The summed E-state index contributed by atoms with van der Waals surface area (Å²) in [6.45, 7) is 4.09. The molecule has 1 heterocycles. The highest BCUT2D eigenvalue weighted by molar-refractivity contribution is 5.93. The molecule has 1 aliphatic heterocycles. The lowest BCUT2D eigenvalue weighted by molar-refractivity contribution is -0.143. The molecule has 0 atom stereocenters. The molecule has 0 aromatic heterocycles.